The molecule has 0 aliphatic carbocycles. The van der Waals surface area contributed by atoms with Crippen molar-refractivity contribution in [3.8, 4) is 0 Å². The molecule has 0 atom stereocenters. The standard InChI is InChI=1S/C19H13BF4N2O5S/c21-13-6-5-10(19(27)25-11-8-14(22)18(24)15(23)9-11)7-17(13)32(30,31)26-16-4-2-1-3-12(16)20(28)29/h1-9,26,28-29H,(H,25,27). The van der Waals surface area contributed by atoms with Crippen LogP contribution in [0.15, 0.2) is 59.5 Å². The number of carbonyl (C=O) groups is 1. The Hall–Kier alpha value is -3.42. The highest BCUT2D eigenvalue weighted by molar-refractivity contribution is 7.92. The Morgan fingerprint density at radius 2 is 1.50 bits per heavy atom. The zero-order chi connectivity index (χ0) is 23.6. The molecule has 32 heavy (non-hydrogen) atoms. The molecule has 1 amide bonds. The van der Waals surface area contributed by atoms with Crippen LogP contribution in [0.2, 0.25) is 0 Å². The summed E-state index contributed by atoms with van der Waals surface area (Å²) in [5, 5.41) is 20.8. The van der Waals surface area contributed by atoms with Gasteiger partial charge in [-0.25, -0.2) is 26.0 Å². The first kappa shape index (κ1) is 23.3. The molecule has 0 heterocycles. The van der Waals surface area contributed by atoms with Crippen molar-refractivity contribution in [3.63, 3.8) is 0 Å². The minimum Gasteiger partial charge on any atom is -0.423 e. The molecule has 0 saturated carbocycles. The summed E-state index contributed by atoms with van der Waals surface area (Å²) in [6.45, 7) is 0. The van der Waals surface area contributed by atoms with Crippen LogP contribution in [0.1, 0.15) is 10.4 Å². The molecule has 7 nitrogen and oxygen atoms in total. The van der Waals surface area contributed by atoms with Gasteiger partial charge in [-0.2, -0.15) is 0 Å². The Labute approximate surface area is 179 Å². The maximum Gasteiger partial charge on any atom is 0.490 e. The third-order valence-electron chi connectivity index (χ3n) is 4.21. The number of amides is 1. The molecule has 3 aromatic rings. The van der Waals surface area contributed by atoms with Crippen LogP contribution in [0, 0.1) is 23.3 Å². The summed E-state index contributed by atoms with van der Waals surface area (Å²) in [4.78, 5) is 11.4. The van der Waals surface area contributed by atoms with E-state index in [1.54, 1.807) is 0 Å². The van der Waals surface area contributed by atoms with Gasteiger partial charge in [-0.3, -0.25) is 9.52 Å². The van der Waals surface area contributed by atoms with Crippen LogP contribution in [-0.2, 0) is 10.0 Å². The highest BCUT2D eigenvalue weighted by atomic mass is 32.2. The van der Waals surface area contributed by atoms with Crippen molar-refractivity contribution in [1.82, 2.24) is 0 Å². The van der Waals surface area contributed by atoms with Gasteiger partial charge in [0.05, 0.1) is 0 Å². The average Bonchev–Trinajstić information content (AvgIpc) is 2.72. The molecule has 0 aromatic heterocycles. The zero-order valence-corrected chi connectivity index (χ0v) is 16.6. The lowest BCUT2D eigenvalue weighted by molar-refractivity contribution is 0.102. The molecule has 4 N–H and O–H groups in total. The summed E-state index contributed by atoms with van der Waals surface area (Å²) in [6, 6.07) is 8.54. The number of sulfonamides is 1. The lowest BCUT2D eigenvalue weighted by atomic mass is 9.79. The van der Waals surface area contributed by atoms with E-state index in [1.807, 2.05) is 10.0 Å². The Balaban J connectivity index is 1.92. The highest BCUT2D eigenvalue weighted by Crippen LogP contribution is 2.22. The second kappa shape index (κ2) is 8.98. The van der Waals surface area contributed by atoms with Gasteiger partial charge >= 0.3 is 7.12 Å². The Morgan fingerprint density at radius 1 is 0.875 bits per heavy atom. The molecule has 0 fully saturated rings. The van der Waals surface area contributed by atoms with Crippen molar-refractivity contribution in [3.05, 3.63) is 83.4 Å². The van der Waals surface area contributed by atoms with E-state index in [0.29, 0.717) is 24.3 Å². The summed E-state index contributed by atoms with van der Waals surface area (Å²) in [7, 11) is -6.67. The van der Waals surface area contributed by atoms with E-state index in [-0.39, 0.29) is 11.2 Å². The average molecular weight is 468 g/mol. The van der Waals surface area contributed by atoms with Crippen molar-refractivity contribution < 1.29 is 40.8 Å². The van der Waals surface area contributed by atoms with Gasteiger partial charge in [-0.05, 0) is 24.3 Å². The van der Waals surface area contributed by atoms with Crippen molar-refractivity contribution in [1.29, 1.82) is 0 Å². The van der Waals surface area contributed by atoms with Crippen molar-refractivity contribution in [2.24, 2.45) is 0 Å². The number of carbonyl (C=O) groups excluding carboxylic acids is 1. The number of nitrogens with one attached hydrogen (secondary N) is 2. The van der Waals surface area contributed by atoms with Crippen LogP contribution in [0.5, 0.6) is 0 Å². The van der Waals surface area contributed by atoms with Crippen LogP contribution in [0.4, 0.5) is 28.9 Å². The molecule has 3 rings (SSSR count). The topological polar surface area (TPSA) is 116 Å². The lowest BCUT2D eigenvalue weighted by Gasteiger charge is -2.13. The largest absolute Gasteiger partial charge is 0.490 e. The van der Waals surface area contributed by atoms with Gasteiger partial charge in [-0.15, -0.1) is 0 Å². The maximum absolute atomic E-state index is 14.3. The molecule has 166 valence electrons. The summed E-state index contributed by atoms with van der Waals surface area (Å²) in [5.74, 6) is -7.14. The fraction of sp³-hybridized carbons (Fsp3) is 0. The fourth-order valence-corrected chi connectivity index (χ4v) is 3.89. The van der Waals surface area contributed by atoms with Crippen LogP contribution in [0.3, 0.4) is 0 Å². The van der Waals surface area contributed by atoms with Crippen molar-refractivity contribution in [2.75, 3.05) is 10.0 Å². The molecule has 0 aliphatic rings. The molecule has 3 aromatic carbocycles. The maximum atomic E-state index is 14.3. The zero-order valence-electron chi connectivity index (χ0n) is 15.8. The van der Waals surface area contributed by atoms with Crippen LogP contribution in [0.25, 0.3) is 0 Å². The summed E-state index contributed by atoms with van der Waals surface area (Å²) < 4.78 is 81.3. The van der Waals surface area contributed by atoms with Crippen LogP contribution >= 0.6 is 0 Å². The first-order valence-electron chi connectivity index (χ1n) is 8.73. The van der Waals surface area contributed by atoms with E-state index < -0.39 is 62.5 Å². The molecule has 0 unspecified atom stereocenters. The number of rotatable bonds is 6. The highest BCUT2D eigenvalue weighted by Gasteiger charge is 2.25. The first-order chi connectivity index (χ1) is 15.0. The smallest absolute Gasteiger partial charge is 0.423 e. The van der Waals surface area contributed by atoms with Gasteiger partial charge in [0.2, 0.25) is 0 Å². The fourth-order valence-electron chi connectivity index (χ4n) is 2.70. The number of benzene rings is 3. The SMILES string of the molecule is O=C(Nc1cc(F)c(F)c(F)c1)c1ccc(F)c(S(=O)(=O)Nc2ccccc2B(O)O)c1. The molecular weight excluding hydrogens is 455 g/mol. The van der Waals surface area contributed by atoms with Crippen LogP contribution < -0.4 is 15.5 Å². The van der Waals surface area contributed by atoms with Gasteiger partial charge in [0.15, 0.2) is 17.5 Å². The van der Waals surface area contributed by atoms with Gasteiger partial charge in [0.25, 0.3) is 15.9 Å². The quantitative estimate of drug-likeness (QED) is 0.251. The van der Waals surface area contributed by atoms with E-state index in [0.717, 1.165) is 6.07 Å². The van der Waals surface area contributed by atoms with E-state index >= 15 is 0 Å². The predicted molar refractivity (Wildman–Crippen MR) is 108 cm³/mol. The number of anilines is 2. The molecule has 0 spiro atoms. The number of para-hydroxylation sites is 1. The first-order valence-corrected chi connectivity index (χ1v) is 10.2. The van der Waals surface area contributed by atoms with Crippen molar-refractivity contribution >= 4 is 39.9 Å². The number of hydrogen-bond donors (Lipinski definition) is 4. The Kier molecular flexibility index (Phi) is 6.53. The van der Waals surface area contributed by atoms with Gasteiger partial charge in [-0.1, -0.05) is 18.2 Å². The Bertz CT molecular complexity index is 1280. The van der Waals surface area contributed by atoms with E-state index in [4.69, 9.17) is 0 Å². The molecule has 0 bridgehead atoms. The van der Waals surface area contributed by atoms with Crippen LogP contribution in [-0.4, -0.2) is 31.5 Å². The third-order valence-corrected chi connectivity index (χ3v) is 5.59. The Morgan fingerprint density at radius 3 is 2.12 bits per heavy atom. The van der Waals surface area contributed by atoms with Gasteiger partial charge in [0, 0.05) is 34.5 Å². The van der Waals surface area contributed by atoms with Crippen molar-refractivity contribution in [2.45, 2.75) is 4.90 Å². The minimum absolute atomic E-state index is 0.203. The van der Waals surface area contributed by atoms with E-state index in [1.165, 1.54) is 24.3 Å². The second-order valence-corrected chi connectivity index (χ2v) is 8.07. The summed E-state index contributed by atoms with van der Waals surface area (Å²) in [6.07, 6.45) is 0. The third kappa shape index (κ3) is 4.90. The molecule has 13 heteroatoms. The van der Waals surface area contributed by atoms with E-state index in [9.17, 15) is 40.8 Å². The van der Waals surface area contributed by atoms with E-state index in [2.05, 4.69) is 0 Å². The predicted octanol–water partition coefficient (Wildman–Crippen LogP) is 1.98. The van der Waals surface area contributed by atoms with Gasteiger partial charge < -0.3 is 15.4 Å². The summed E-state index contributed by atoms with van der Waals surface area (Å²) >= 11 is 0. The monoisotopic (exact) mass is 468 g/mol. The lowest BCUT2D eigenvalue weighted by Crippen LogP contribution is -2.33. The molecule has 0 radical (unpaired) electrons. The normalized spacial score (nSPS) is 11.2. The molecule has 0 saturated heterocycles. The van der Waals surface area contributed by atoms with Gasteiger partial charge in [0.1, 0.15) is 10.7 Å². The summed E-state index contributed by atoms with van der Waals surface area (Å²) in [5.41, 5.74) is -1.30. The molecule has 0 aliphatic heterocycles. The minimum atomic E-state index is -4.64. The number of halogens is 4. The second-order valence-electron chi connectivity index (χ2n) is 6.42. The number of hydrogen-bond acceptors (Lipinski definition) is 5. The molecular formula is C19H13BF4N2O5S.